The third-order valence-electron chi connectivity index (χ3n) is 8.03. The summed E-state index contributed by atoms with van der Waals surface area (Å²) in [5.41, 5.74) is 5.14. The van der Waals surface area contributed by atoms with Crippen LogP contribution >= 0.6 is 0 Å². The van der Waals surface area contributed by atoms with Crippen LogP contribution in [0.3, 0.4) is 0 Å². The molecule has 1 aromatic carbocycles. The highest BCUT2D eigenvalue weighted by atomic mass is 16.5. The number of fused-ring (bicyclic) bond motifs is 1. The van der Waals surface area contributed by atoms with E-state index in [1.54, 1.807) is 0 Å². The van der Waals surface area contributed by atoms with Gasteiger partial charge in [0, 0.05) is 43.8 Å². The number of carbonyl (C=O) groups is 1. The zero-order valence-corrected chi connectivity index (χ0v) is 21.0. The number of carbonyl (C=O) groups excluding carboxylic acids is 1. The van der Waals surface area contributed by atoms with Gasteiger partial charge in [0.15, 0.2) is 0 Å². The minimum absolute atomic E-state index is 0.132. The molecule has 0 saturated carbocycles. The van der Waals surface area contributed by atoms with Gasteiger partial charge in [0.05, 0.1) is 20.1 Å². The third-order valence-corrected chi connectivity index (χ3v) is 8.03. The van der Waals surface area contributed by atoms with Crippen LogP contribution in [0, 0.1) is 5.92 Å². The van der Waals surface area contributed by atoms with Crippen LogP contribution in [0.15, 0.2) is 36.4 Å². The maximum absolute atomic E-state index is 12.3. The number of benzene rings is 1. The van der Waals surface area contributed by atoms with Gasteiger partial charge in [-0.15, -0.1) is 0 Å². The van der Waals surface area contributed by atoms with E-state index in [4.69, 9.17) is 14.5 Å². The Bertz CT molecular complexity index is 1000. The number of hydrogen-bond acceptors (Lipinski definition) is 6. The van der Waals surface area contributed by atoms with E-state index in [2.05, 4.69) is 46.6 Å². The first-order valence-corrected chi connectivity index (χ1v) is 13.4. The number of nitrogens with zero attached hydrogens (tertiary/aromatic N) is 2. The van der Waals surface area contributed by atoms with Gasteiger partial charge in [-0.25, -0.2) is 4.98 Å². The fourth-order valence-corrected chi connectivity index (χ4v) is 5.92. The van der Waals surface area contributed by atoms with Crippen molar-refractivity contribution in [3.63, 3.8) is 0 Å². The van der Waals surface area contributed by atoms with E-state index in [1.165, 1.54) is 48.8 Å². The summed E-state index contributed by atoms with van der Waals surface area (Å²) in [7, 11) is 1.49. The molecule has 4 heterocycles. The van der Waals surface area contributed by atoms with Crippen molar-refractivity contribution in [3.8, 4) is 0 Å². The van der Waals surface area contributed by atoms with Gasteiger partial charge in [-0.1, -0.05) is 30.3 Å². The second-order valence-electron chi connectivity index (χ2n) is 10.5. The molecule has 2 saturated heterocycles. The fraction of sp³-hybridized carbons (Fsp3) is 0.586. The van der Waals surface area contributed by atoms with Gasteiger partial charge >= 0.3 is 5.97 Å². The molecule has 2 fully saturated rings. The summed E-state index contributed by atoms with van der Waals surface area (Å²) in [6, 6.07) is 13.3. The minimum atomic E-state index is -0.132. The van der Waals surface area contributed by atoms with Crippen LogP contribution in [0.2, 0.25) is 0 Å². The molecule has 6 nitrogen and oxygen atoms in total. The number of pyridine rings is 1. The molecule has 3 aliphatic rings. The Morgan fingerprint density at radius 2 is 2.23 bits per heavy atom. The number of anilines is 1. The van der Waals surface area contributed by atoms with Gasteiger partial charge in [0.1, 0.15) is 5.82 Å². The first-order chi connectivity index (χ1) is 17.2. The number of esters is 1. The van der Waals surface area contributed by atoms with Crippen molar-refractivity contribution in [3.05, 3.63) is 58.8 Å². The van der Waals surface area contributed by atoms with Crippen molar-refractivity contribution in [2.24, 2.45) is 5.92 Å². The van der Waals surface area contributed by atoms with Gasteiger partial charge in [-0.2, -0.15) is 0 Å². The van der Waals surface area contributed by atoms with Crippen molar-refractivity contribution >= 4 is 11.8 Å². The number of nitrogens with one attached hydrogen (secondary N) is 1. The maximum Gasteiger partial charge on any atom is 0.306 e. The summed E-state index contributed by atoms with van der Waals surface area (Å²) in [6.07, 6.45) is 7.25. The fourth-order valence-electron chi connectivity index (χ4n) is 5.92. The molecule has 1 aromatic heterocycles. The van der Waals surface area contributed by atoms with Crippen molar-refractivity contribution in [1.29, 1.82) is 0 Å². The predicted octanol–water partition coefficient (Wildman–Crippen LogP) is 4.55. The summed E-state index contributed by atoms with van der Waals surface area (Å²) in [5.74, 6) is 2.27. The molecule has 35 heavy (non-hydrogen) atoms. The van der Waals surface area contributed by atoms with E-state index >= 15 is 0 Å². The second-order valence-corrected chi connectivity index (χ2v) is 10.5. The smallest absolute Gasteiger partial charge is 0.306 e. The Hall–Kier alpha value is -2.44. The van der Waals surface area contributed by atoms with Gasteiger partial charge < -0.3 is 19.7 Å². The van der Waals surface area contributed by atoms with Crippen LogP contribution in [-0.4, -0.2) is 62.4 Å². The summed E-state index contributed by atoms with van der Waals surface area (Å²) >= 11 is 0. The zero-order valence-electron chi connectivity index (χ0n) is 21.0. The lowest BCUT2D eigenvalue weighted by atomic mass is 9.90. The van der Waals surface area contributed by atoms with Gasteiger partial charge in [0.2, 0.25) is 0 Å². The quantitative estimate of drug-likeness (QED) is 0.535. The predicted molar refractivity (Wildman–Crippen MR) is 138 cm³/mol. The molecule has 0 aliphatic carbocycles. The highest BCUT2D eigenvalue weighted by Crippen LogP contribution is 2.31. The molecular weight excluding hydrogens is 438 g/mol. The van der Waals surface area contributed by atoms with Crippen LogP contribution in [-0.2, 0) is 27.1 Å². The number of methoxy groups -OCH3 is 1. The van der Waals surface area contributed by atoms with Gasteiger partial charge in [0.25, 0.3) is 0 Å². The first kappa shape index (κ1) is 24.3. The third kappa shape index (κ3) is 6.22. The minimum Gasteiger partial charge on any atom is -0.469 e. The van der Waals surface area contributed by atoms with Crippen LogP contribution < -0.4 is 5.32 Å². The number of aromatic nitrogens is 1. The normalized spacial score (nSPS) is 23.0. The molecular formula is C29H39N3O3. The molecule has 0 amide bonds. The number of ether oxygens (including phenoxy) is 2. The Balaban J connectivity index is 1.19. The summed E-state index contributed by atoms with van der Waals surface area (Å²) in [5, 5.41) is 3.45. The van der Waals surface area contributed by atoms with Crippen LogP contribution in [0.1, 0.15) is 66.3 Å². The number of rotatable bonds is 9. The number of hydrogen-bond donors (Lipinski definition) is 1. The highest BCUT2D eigenvalue weighted by Gasteiger charge is 2.27. The largest absolute Gasteiger partial charge is 0.469 e. The number of aryl methyl sites for hydroxylation is 2. The SMILES string of the molecule is COC(=O)CC(CN1CCC(CCc2ccc3c(n2)NCCC3)C1)c1cccc(C2CCOC2)c1. The summed E-state index contributed by atoms with van der Waals surface area (Å²) in [6.45, 7) is 5.76. The Kier molecular flexibility index (Phi) is 7.99. The Morgan fingerprint density at radius 3 is 3.09 bits per heavy atom. The Morgan fingerprint density at radius 1 is 1.29 bits per heavy atom. The lowest BCUT2D eigenvalue weighted by Gasteiger charge is -2.24. The maximum atomic E-state index is 12.3. The van der Waals surface area contributed by atoms with E-state index in [1.807, 2.05) is 0 Å². The van der Waals surface area contributed by atoms with Crippen molar-refractivity contribution < 1.29 is 14.3 Å². The van der Waals surface area contributed by atoms with E-state index in [9.17, 15) is 4.79 Å². The molecule has 2 aromatic rings. The monoisotopic (exact) mass is 477 g/mol. The zero-order chi connectivity index (χ0) is 24.0. The first-order valence-electron chi connectivity index (χ1n) is 13.4. The van der Waals surface area contributed by atoms with E-state index in [0.29, 0.717) is 18.3 Å². The second kappa shape index (κ2) is 11.5. The standard InChI is InChI=1S/C29H39N3O3/c1-34-28(33)17-26(24-5-2-4-23(16-24)25-12-15-35-20-25)19-32-14-11-21(18-32)7-9-27-10-8-22-6-3-13-30-29(22)31-27/h2,4-5,8,10,16,21,25-26H,3,6-7,9,11-15,17-20H2,1H3,(H,30,31). The van der Waals surface area contributed by atoms with Gasteiger partial charge in [-0.05, 0) is 73.7 Å². The van der Waals surface area contributed by atoms with Crippen LogP contribution in [0.4, 0.5) is 5.82 Å². The molecule has 0 bridgehead atoms. The number of likely N-dealkylation sites (tertiary alicyclic amines) is 1. The van der Waals surface area contributed by atoms with E-state index < -0.39 is 0 Å². The van der Waals surface area contributed by atoms with Gasteiger partial charge in [-0.3, -0.25) is 4.79 Å². The molecule has 6 heteroatoms. The van der Waals surface area contributed by atoms with Crippen LogP contribution in [0.5, 0.6) is 0 Å². The van der Waals surface area contributed by atoms with Crippen molar-refractivity contribution in [2.75, 3.05) is 51.8 Å². The Labute approximate surface area is 209 Å². The molecule has 1 N–H and O–H groups in total. The lowest BCUT2D eigenvalue weighted by Crippen LogP contribution is -2.28. The molecule has 188 valence electrons. The lowest BCUT2D eigenvalue weighted by molar-refractivity contribution is -0.141. The molecule has 0 spiro atoms. The topological polar surface area (TPSA) is 63.7 Å². The summed E-state index contributed by atoms with van der Waals surface area (Å²) < 4.78 is 10.7. The molecule has 3 atom stereocenters. The molecule has 3 aliphatic heterocycles. The van der Waals surface area contributed by atoms with E-state index in [0.717, 1.165) is 64.5 Å². The molecule has 3 unspecified atom stereocenters. The molecule has 5 rings (SSSR count). The average molecular weight is 478 g/mol. The molecule has 0 radical (unpaired) electrons. The van der Waals surface area contributed by atoms with Crippen molar-refractivity contribution in [2.45, 2.75) is 56.8 Å². The highest BCUT2D eigenvalue weighted by molar-refractivity contribution is 5.70. The summed E-state index contributed by atoms with van der Waals surface area (Å²) in [4.78, 5) is 19.7. The average Bonchev–Trinajstić information content (AvgIpc) is 3.60. The van der Waals surface area contributed by atoms with Crippen LogP contribution in [0.25, 0.3) is 0 Å². The van der Waals surface area contributed by atoms with Crippen molar-refractivity contribution in [1.82, 2.24) is 9.88 Å². The van der Waals surface area contributed by atoms with E-state index in [-0.39, 0.29) is 11.9 Å².